The minimum atomic E-state index is -0.529. The molecule has 0 saturated heterocycles. The molecule has 3 rings (SSSR count). The number of alkyl halides is 1. The maximum Gasteiger partial charge on any atom is 0.305 e. The summed E-state index contributed by atoms with van der Waals surface area (Å²) in [4.78, 5) is 11.5. The van der Waals surface area contributed by atoms with Gasteiger partial charge in [-0.05, 0) is 61.1 Å². The van der Waals surface area contributed by atoms with Gasteiger partial charge in [-0.25, -0.2) is 0 Å². The van der Waals surface area contributed by atoms with Gasteiger partial charge in [-0.3, -0.25) is 4.79 Å². The fourth-order valence-corrected chi connectivity index (χ4v) is 5.29. The third-order valence-electron chi connectivity index (χ3n) is 6.74. The van der Waals surface area contributed by atoms with Gasteiger partial charge in [0.15, 0.2) is 0 Å². The number of aliphatic hydroxyl groups excluding tert-OH is 3. The van der Waals surface area contributed by atoms with Crippen LogP contribution in [-0.4, -0.2) is 46.0 Å². The Balaban J connectivity index is 1.51. The number of benzene rings is 2. The van der Waals surface area contributed by atoms with Crippen LogP contribution in [0.2, 0.25) is 0 Å². The number of aliphatic hydroxyl groups is 3. The number of carbonyl (C=O) groups excluding carboxylic acids is 1. The van der Waals surface area contributed by atoms with Gasteiger partial charge < -0.3 is 20.1 Å². The van der Waals surface area contributed by atoms with Crippen LogP contribution in [0.1, 0.15) is 67.2 Å². The number of aryl methyl sites for hydroxylation is 1. The monoisotopic (exact) mass is 500 g/mol. The SMILES string of the molecule is O=C(CCCC=CC[C@@H]1[C@@H](c2ccc(C(O)CCc3ccccc3)cc2)[C@H](O)C[C@H]1Cl)OCCO. The molecule has 35 heavy (non-hydrogen) atoms. The van der Waals surface area contributed by atoms with E-state index in [2.05, 4.69) is 24.3 Å². The van der Waals surface area contributed by atoms with Crippen molar-refractivity contribution in [1.82, 2.24) is 0 Å². The van der Waals surface area contributed by atoms with E-state index in [1.165, 1.54) is 5.56 Å². The Hall–Kier alpha value is -2.18. The van der Waals surface area contributed by atoms with Crippen molar-refractivity contribution in [1.29, 1.82) is 0 Å². The third-order valence-corrected chi connectivity index (χ3v) is 7.25. The number of rotatable bonds is 13. The van der Waals surface area contributed by atoms with Gasteiger partial charge in [0, 0.05) is 17.7 Å². The van der Waals surface area contributed by atoms with Crippen LogP contribution in [0.3, 0.4) is 0 Å². The zero-order valence-electron chi connectivity index (χ0n) is 20.1. The third kappa shape index (κ3) is 8.46. The maximum absolute atomic E-state index is 11.5. The highest BCUT2D eigenvalue weighted by atomic mass is 35.5. The first-order valence-corrected chi connectivity index (χ1v) is 13.0. The van der Waals surface area contributed by atoms with Gasteiger partial charge in [0.05, 0.1) is 18.8 Å². The van der Waals surface area contributed by atoms with Gasteiger partial charge in [-0.1, -0.05) is 66.7 Å². The molecule has 5 nitrogen and oxygen atoms in total. The lowest BCUT2D eigenvalue weighted by Gasteiger charge is -2.23. The van der Waals surface area contributed by atoms with Crippen LogP contribution in [-0.2, 0) is 16.0 Å². The van der Waals surface area contributed by atoms with E-state index in [0.29, 0.717) is 25.7 Å². The van der Waals surface area contributed by atoms with E-state index < -0.39 is 12.2 Å². The van der Waals surface area contributed by atoms with Crippen molar-refractivity contribution in [2.75, 3.05) is 13.2 Å². The fourth-order valence-electron chi connectivity index (χ4n) is 4.85. The molecule has 0 radical (unpaired) electrons. The van der Waals surface area contributed by atoms with E-state index in [1.807, 2.05) is 42.5 Å². The van der Waals surface area contributed by atoms with Gasteiger partial charge in [0.2, 0.25) is 0 Å². The van der Waals surface area contributed by atoms with Crippen molar-refractivity contribution in [3.63, 3.8) is 0 Å². The predicted molar refractivity (Wildman–Crippen MR) is 138 cm³/mol. The van der Waals surface area contributed by atoms with Crippen molar-refractivity contribution in [2.24, 2.45) is 5.92 Å². The Bertz CT molecular complexity index is 914. The smallest absolute Gasteiger partial charge is 0.305 e. The number of esters is 1. The second-order valence-corrected chi connectivity index (χ2v) is 9.82. The summed E-state index contributed by atoms with van der Waals surface area (Å²) in [6.07, 6.45) is 7.69. The van der Waals surface area contributed by atoms with E-state index in [4.69, 9.17) is 21.4 Å². The largest absolute Gasteiger partial charge is 0.463 e. The summed E-state index contributed by atoms with van der Waals surface area (Å²) in [5.41, 5.74) is 3.14. The van der Waals surface area contributed by atoms with E-state index in [1.54, 1.807) is 0 Å². The summed E-state index contributed by atoms with van der Waals surface area (Å²) in [6, 6.07) is 18.1. The molecule has 1 saturated carbocycles. The molecule has 2 aromatic rings. The lowest BCUT2D eigenvalue weighted by molar-refractivity contribution is -0.144. The van der Waals surface area contributed by atoms with Crippen LogP contribution in [0, 0.1) is 5.92 Å². The number of hydrogen-bond acceptors (Lipinski definition) is 5. The first-order valence-electron chi connectivity index (χ1n) is 12.5. The lowest BCUT2D eigenvalue weighted by Crippen LogP contribution is -2.18. The molecule has 2 aromatic carbocycles. The van der Waals surface area contributed by atoms with Gasteiger partial charge in [0.1, 0.15) is 6.61 Å². The fraction of sp³-hybridized carbons (Fsp3) is 0.483. The number of halogens is 1. The average Bonchev–Trinajstić information content (AvgIpc) is 3.16. The molecule has 0 aromatic heterocycles. The molecule has 0 aliphatic heterocycles. The van der Waals surface area contributed by atoms with E-state index in [0.717, 1.165) is 30.4 Å². The van der Waals surface area contributed by atoms with Crippen LogP contribution in [0.5, 0.6) is 0 Å². The Kier molecular flexibility index (Phi) is 11.3. The molecule has 190 valence electrons. The maximum atomic E-state index is 11.5. The standard InChI is InChI=1S/C29H37ClO5/c30-25-20-27(33)29(24(25)10-6-1-2-7-11-28(34)35-19-18-31)23-15-13-22(14-16-23)26(32)17-12-21-8-4-3-5-9-21/h1,3-6,8-9,13-16,24-27,29,31-33H,2,7,10-12,17-20H2/t24-,25+,26?,27+,29+/m0/s1. The molecule has 0 heterocycles. The first-order chi connectivity index (χ1) is 17.0. The average molecular weight is 501 g/mol. The highest BCUT2D eigenvalue weighted by molar-refractivity contribution is 6.21. The van der Waals surface area contributed by atoms with Crippen molar-refractivity contribution < 1.29 is 24.9 Å². The quantitative estimate of drug-likeness (QED) is 0.154. The van der Waals surface area contributed by atoms with Gasteiger partial charge >= 0.3 is 5.97 Å². The highest BCUT2D eigenvalue weighted by Crippen LogP contribution is 2.45. The summed E-state index contributed by atoms with van der Waals surface area (Å²) >= 11 is 6.61. The molecular weight excluding hydrogens is 464 g/mol. The number of carbonyl (C=O) groups is 1. The zero-order valence-corrected chi connectivity index (χ0v) is 20.9. The molecule has 5 atom stereocenters. The van der Waals surface area contributed by atoms with Crippen molar-refractivity contribution in [2.45, 2.75) is 68.4 Å². The Labute approximate surface area is 213 Å². The number of unbranched alkanes of at least 4 members (excludes halogenated alkanes) is 1. The minimum Gasteiger partial charge on any atom is -0.463 e. The van der Waals surface area contributed by atoms with E-state index in [-0.39, 0.29) is 36.4 Å². The van der Waals surface area contributed by atoms with E-state index in [9.17, 15) is 15.0 Å². The zero-order chi connectivity index (χ0) is 25.0. The van der Waals surface area contributed by atoms with E-state index >= 15 is 0 Å². The second-order valence-electron chi connectivity index (χ2n) is 9.26. The van der Waals surface area contributed by atoms with Crippen molar-refractivity contribution in [3.05, 3.63) is 83.4 Å². The molecule has 0 spiro atoms. The van der Waals surface area contributed by atoms with Crippen LogP contribution in [0.15, 0.2) is 66.7 Å². The number of ether oxygens (including phenoxy) is 1. The molecule has 0 amide bonds. The Morgan fingerprint density at radius 2 is 1.86 bits per heavy atom. The molecule has 1 aliphatic carbocycles. The van der Waals surface area contributed by atoms with Gasteiger partial charge in [-0.15, -0.1) is 11.6 Å². The van der Waals surface area contributed by atoms with Gasteiger partial charge in [-0.2, -0.15) is 0 Å². The summed E-state index contributed by atoms with van der Waals surface area (Å²) < 4.78 is 4.85. The molecule has 3 N–H and O–H groups in total. The summed E-state index contributed by atoms with van der Waals surface area (Å²) in [6.45, 7) is -0.109. The van der Waals surface area contributed by atoms with Crippen LogP contribution < -0.4 is 0 Å². The molecule has 1 fully saturated rings. The van der Waals surface area contributed by atoms with Crippen molar-refractivity contribution >= 4 is 17.6 Å². The second kappa shape index (κ2) is 14.4. The molecule has 0 bridgehead atoms. The predicted octanol–water partition coefficient (Wildman–Crippen LogP) is 5.08. The van der Waals surface area contributed by atoms with Crippen molar-refractivity contribution in [3.8, 4) is 0 Å². The molecular formula is C29H37ClO5. The highest BCUT2D eigenvalue weighted by Gasteiger charge is 2.41. The summed E-state index contributed by atoms with van der Waals surface area (Å²) in [5, 5.41) is 29.9. The number of allylic oxidation sites excluding steroid dienone is 2. The number of hydrogen-bond donors (Lipinski definition) is 3. The lowest BCUT2D eigenvalue weighted by atomic mass is 9.84. The topological polar surface area (TPSA) is 87.0 Å². The normalized spacial score (nSPS) is 23.0. The molecule has 6 heteroatoms. The minimum absolute atomic E-state index is 0.0464. The Morgan fingerprint density at radius 1 is 1.11 bits per heavy atom. The van der Waals surface area contributed by atoms with Crippen LogP contribution in [0.25, 0.3) is 0 Å². The first kappa shape index (κ1) is 27.4. The molecule has 1 aliphatic rings. The van der Waals surface area contributed by atoms with Gasteiger partial charge in [0.25, 0.3) is 0 Å². The summed E-state index contributed by atoms with van der Waals surface area (Å²) in [5.74, 6) is -0.224. The summed E-state index contributed by atoms with van der Waals surface area (Å²) in [7, 11) is 0. The van der Waals surface area contributed by atoms with Crippen LogP contribution in [0.4, 0.5) is 0 Å². The van der Waals surface area contributed by atoms with Crippen LogP contribution >= 0.6 is 11.6 Å². The Morgan fingerprint density at radius 3 is 2.57 bits per heavy atom. The molecule has 1 unspecified atom stereocenters.